The second-order valence-electron chi connectivity index (χ2n) is 4.21. The molecule has 0 unspecified atom stereocenters. The predicted octanol–water partition coefficient (Wildman–Crippen LogP) is 1.58. The van der Waals surface area contributed by atoms with Crippen molar-refractivity contribution in [1.29, 1.82) is 0 Å². The summed E-state index contributed by atoms with van der Waals surface area (Å²) in [7, 11) is 0. The zero-order chi connectivity index (χ0) is 15.1. The second-order valence-corrected chi connectivity index (χ2v) is 5.24. The van der Waals surface area contributed by atoms with Gasteiger partial charge in [0.15, 0.2) is 10.8 Å². The van der Waals surface area contributed by atoms with Crippen molar-refractivity contribution in [2.24, 2.45) is 0 Å². The van der Waals surface area contributed by atoms with Gasteiger partial charge in [-0.25, -0.2) is 15.0 Å². The van der Waals surface area contributed by atoms with Crippen molar-refractivity contribution in [2.45, 2.75) is 19.3 Å². The Kier molecular flexibility index (Phi) is 5.33. The van der Waals surface area contributed by atoms with Crippen molar-refractivity contribution in [2.75, 3.05) is 6.54 Å². The van der Waals surface area contributed by atoms with Gasteiger partial charge in [0, 0.05) is 25.4 Å². The molecule has 0 aliphatic heterocycles. The van der Waals surface area contributed by atoms with E-state index in [1.165, 1.54) is 17.5 Å². The lowest BCUT2D eigenvalue weighted by atomic mass is 10.2. The van der Waals surface area contributed by atoms with Crippen LogP contribution in [0.5, 0.6) is 0 Å². The Morgan fingerprint density at radius 1 is 1.19 bits per heavy atom. The van der Waals surface area contributed by atoms with Crippen LogP contribution in [0.1, 0.15) is 28.9 Å². The molecule has 0 saturated carbocycles. The number of hydrogen-bond acceptors (Lipinski definition) is 6. The molecule has 0 spiro atoms. The summed E-state index contributed by atoms with van der Waals surface area (Å²) in [5.41, 5.74) is 0. The number of aromatic nitrogens is 3. The lowest BCUT2D eigenvalue weighted by Crippen LogP contribution is -2.23. The van der Waals surface area contributed by atoms with Gasteiger partial charge in [0.05, 0.1) is 6.20 Å². The maximum Gasteiger partial charge on any atom is 0.303 e. The summed E-state index contributed by atoms with van der Waals surface area (Å²) >= 11 is 1.22. The third kappa shape index (κ3) is 4.60. The first kappa shape index (κ1) is 15.0. The first-order chi connectivity index (χ1) is 10.2. The molecule has 0 aliphatic carbocycles. The minimum atomic E-state index is -0.823. The van der Waals surface area contributed by atoms with E-state index in [9.17, 15) is 9.59 Å². The SMILES string of the molecule is O=C(O)CCCCNC(=O)c1cnc(-c2ncccn2)s1. The highest BCUT2D eigenvalue weighted by molar-refractivity contribution is 7.16. The lowest BCUT2D eigenvalue weighted by molar-refractivity contribution is -0.137. The van der Waals surface area contributed by atoms with Crippen LogP contribution in [0, 0.1) is 0 Å². The molecule has 2 aromatic heterocycles. The fraction of sp³-hybridized carbons (Fsp3) is 0.308. The predicted molar refractivity (Wildman–Crippen MR) is 77.0 cm³/mol. The summed E-state index contributed by atoms with van der Waals surface area (Å²) in [5, 5.41) is 11.8. The third-order valence-electron chi connectivity index (χ3n) is 2.59. The zero-order valence-electron chi connectivity index (χ0n) is 11.2. The highest BCUT2D eigenvalue weighted by Crippen LogP contribution is 2.21. The number of rotatable bonds is 7. The number of aliphatic carboxylic acids is 1. The third-order valence-corrected chi connectivity index (χ3v) is 3.58. The molecule has 0 atom stereocenters. The lowest BCUT2D eigenvalue weighted by Gasteiger charge is -2.01. The van der Waals surface area contributed by atoms with Crippen molar-refractivity contribution in [1.82, 2.24) is 20.3 Å². The Bertz CT molecular complexity index is 615. The number of hydrogen-bond donors (Lipinski definition) is 2. The minimum Gasteiger partial charge on any atom is -0.481 e. The second kappa shape index (κ2) is 7.44. The molecular formula is C13H14N4O3S. The van der Waals surface area contributed by atoms with Gasteiger partial charge in [-0.2, -0.15) is 0 Å². The molecule has 2 N–H and O–H groups in total. The van der Waals surface area contributed by atoms with Crippen molar-refractivity contribution >= 4 is 23.2 Å². The molecule has 0 radical (unpaired) electrons. The molecule has 0 fully saturated rings. The molecule has 8 heteroatoms. The van der Waals surface area contributed by atoms with Gasteiger partial charge in [-0.05, 0) is 18.9 Å². The topological polar surface area (TPSA) is 105 Å². The molecule has 110 valence electrons. The van der Waals surface area contributed by atoms with E-state index in [0.717, 1.165) is 0 Å². The van der Waals surface area contributed by atoms with Gasteiger partial charge in [-0.15, -0.1) is 11.3 Å². The Hall–Kier alpha value is -2.35. The van der Waals surface area contributed by atoms with E-state index in [1.54, 1.807) is 18.5 Å². The number of nitrogens with zero attached hydrogens (tertiary/aromatic N) is 3. The van der Waals surface area contributed by atoms with Gasteiger partial charge in [0.1, 0.15) is 4.88 Å². The van der Waals surface area contributed by atoms with E-state index in [-0.39, 0.29) is 12.3 Å². The zero-order valence-corrected chi connectivity index (χ0v) is 12.0. The first-order valence-corrected chi connectivity index (χ1v) is 7.21. The van der Waals surface area contributed by atoms with Crippen LogP contribution in [-0.4, -0.2) is 38.5 Å². The normalized spacial score (nSPS) is 10.3. The maximum atomic E-state index is 11.9. The number of carboxylic acid groups (broad SMARTS) is 1. The molecule has 21 heavy (non-hydrogen) atoms. The maximum absolute atomic E-state index is 11.9. The van der Waals surface area contributed by atoms with Crippen molar-refractivity contribution < 1.29 is 14.7 Å². The van der Waals surface area contributed by atoms with Crippen LogP contribution >= 0.6 is 11.3 Å². The van der Waals surface area contributed by atoms with Crippen LogP contribution in [0.15, 0.2) is 24.7 Å². The number of carbonyl (C=O) groups is 2. The Morgan fingerprint density at radius 2 is 1.95 bits per heavy atom. The first-order valence-electron chi connectivity index (χ1n) is 6.40. The highest BCUT2D eigenvalue weighted by atomic mass is 32.1. The van der Waals surface area contributed by atoms with Gasteiger partial charge in [-0.1, -0.05) is 0 Å². The van der Waals surface area contributed by atoms with Gasteiger partial charge >= 0.3 is 5.97 Å². The number of thiazole rings is 1. The van der Waals surface area contributed by atoms with E-state index in [2.05, 4.69) is 20.3 Å². The quantitative estimate of drug-likeness (QED) is 0.752. The molecule has 2 heterocycles. The van der Waals surface area contributed by atoms with E-state index < -0.39 is 5.97 Å². The summed E-state index contributed by atoms with van der Waals surface area (Å²) in [4.78, 5) is 35.0. The fourth-order valence-corrected chi connectivity index (χ4v) is 2.36. The summed E-state index contributed by atoms with van der Waals surface area (Å²) in [6.45, 7) is 0.446. The fourth-order valence-electron chi connectivity index (χ4n) is 1.58. The van der Waals surface area contributed by atoms with Crippen LogP contribution in [0.4, 0.5) is 0 Å². The van der Waals surface area contributed by atoms with Gasteiger partial charge < -0.3 is 10.4 Å². The molecule has 0 saturated heterocycles. The molecule has 2 aromatic rings. The largest absolute Gasteiger partial charge is 0.481 e. The number of carboxylic acids is 1. The molecule has 7 nitrogen and oxygen atoms in total. The Morgan fingerprint density at radius 3 is 2.67 bits per heavy atom. The van der Waals surface area contributed by atoms with Crippen molar-refractivity contribution in [3.8, 4) is 10.8 Å². The molecule has 2 rings (SSSR count). The average Bonchev–Trinajstić information content (AvgIpc) is 2.97. The smallest absolute Gasteiger partial charge is 0.303 e. The summed E-state index contributed by atoms with van der Waals surface area (Å²) < 4.78 is 0. The minimum absolute atomic E-state index is 0.117. The molecular weight excluding hydrogens is 292 g/mol. The monoisotopic (exact) mass is 306 g/mol. The molecule has 1 amide bonds. The number of carbonyl (C=O) groups excluding carboxylic acids is 1. The van der Waals surface area contributed by atoms with Gasteiger partial charge in [-0.3, -0.25) is 9.59 Å². The van der Waals surface area contributed by atoms with E-state index in [4.69, 9.17) is 5.11 Å². The van der Waals surface area contributed by atoms with Crippen LogP contribution < -0.4 is 5.32 Å². The standard InChI is InChI=1S/C13H14N4O3S/c18-10(19)4-1-2-5-16-12(20)9-8-17-13(21-9)11-14-6-3-7-15-11/h3,6-8H,1-2,4-5H2,(H,16,20)(H,18,19). The van der Waals surface area contributed by atoms with E-state index in [1.807, 2.05) is 0 Å². The van der Waals surface area contributed by atoms with E-state index >= 15 is 0 Å². The van der Waals surface area contributed by atoms with Crippen LogP contribution in [0.25, 0.3) is 10.8 Å². The van der Waals surface area contributed by atoms with Gasteiger partial charge in [0.2, 0.25) is 0 Å². The van der Waals surface area contributed by atoms with Crippen molar-refractivity contribution in [3.63, 3.8) is 0 Å². The average molecular weight is 306 g/mol. The van der Waals surface area contributed by atoms with Crippen LogP contribution in [0.3, 0.4) is 0 Å². The van der Waals surface area contributed by atoms with E-state index in [0.29, 0.717) is 35.1 Å². The number of amides is 1. The van der Waals surface area contributed by atoms with Crippen molar-refractivity contribution in [3.05, 3.63) is 29.5 Å². The molecule has 0 aliphatic rings. The highest BCUT2D eigenvalue weighted by Gasteiger charge is 2.12. The van der Waals surface area contributed by atoms with Crippen LogP contribution in [-0.2, 0) is 4.79 Å². The van der Waals surface area contributed by atoms with Gasteiger partial charge in [0.25, 0.3) is 5.91 Å². The number of nitrogens with one attached hydrogen (secondary N) is 1. The van der Waals surface area contributed by atoms with Crippen LogP contribution in [0.2, 0.25) is 0 Å². The summed E-state index contributed by atoms with van der Waals surface area (Å²) in [5.74, 6) is -0.552. The molecule has 0 bridgehead atoms. The summed E-state index contributed by atoms with van der Waals surface area (Å²) in [6.07, 6.45) is 6.01. The summed E-state index contributed by atoms with van der Waals surface area (Å²) in [6, 6.07) is 1.71. The number of unbranched alkanes of at least 4 members (excludes halogenated alkanes) is 1. The molecule has 0 aromatic carbocycles. The Balaban J connectivity index is 1.84. The Labute approximate surface area is 125 Å².